The minimum absolute atomic E-state index is 0.0210. The van der Waals surface area contributed by atoms with Gasteiger partial charge in [-0.05, 0) is 60.5 Å². The van der Waals surface area contributed by atoms with E-state index in [4.69, 9.17) is 10.5 Å². The van der Waals surface area contributed by atoms with Crippen molar-refractivity contribution in [3.63, 3.8) is 0 Å². The lowest BCUT2D eigenvalue weighted by atomic mass is 10.1. The van der Waals surface area contributed by atoms with E-state index in [2.05, 4.69) is 71.6 Å². The molecule has 0 aliphatic carbocycles. The van der Waals surface area contributed by atoms with Gasteiger partial charge in [-0.3, -0.25) is 9.69 Å². The van der Waals surface area contributed by atoms with Gasteiger partial charge in [-0.1, -0.05) is 6.07 Å². The number of carbonyl (C=O) groups is 1. The smallest absolute Gasteiger partial charge is 0.238 e. The molecule has 3 aromatic heterocycles. The number of aromatic nitrogens is 4. The number of aromatic amines is 1. The highest BCUT2D eigenvalue weighted by Gasteiger charge is 2.20. The topological polar surface area (TPSA) is 114 Å². The van der Waals surface area contributed by atoms with Crippen molar-refractivity contribution in [2.75, 3.05) is 43.9 Å². The third-order valence-corrected chi connectivity index (χ3v) is 7.12. The van der Waals surface area contributed by atoms with Crippen molar-refractivity contribution in [3.8, 4) is 17.1 Å². The molecule has 4 aromatic rings. The van der Waals surface area contributed by atoms with Gasteiger partial charge in [-0.2, -0.15) is 0 Å². The van der Waals surface area contributed by atoms with Gasteiger partial charge in [0.2, 0.25) is 5.91 Å². The largest absolute Gasteiger partial charge is 0.396 e. The molecule has 0 atom stereocenters. The molecule has 1 saturated heterocycles. The Morgan fingerprint density at radius 1 is 1.26 bits per heavy atom. The number of anilines is 2. The van der Waals surface area contributed by atoms with Crippen LogP contribution in [-0.2, 0) is 9.53 Å². The van der Waals surface area contributed by atoms with Crippen molar-refractivity contribution in [1.82, 2.24) is 24.4 Å². The Bertz CT molecular complexity index is 1420. The zero-order valence-electron chi connectivity index (χ0n) is 20.0. The van der Waals surface area contributed by atoms with Gasteiger partial charge in [-0.15, -0.1) is 0 Å². The van der Waals surface area contributed by atoms with E-state index in [1.807, 2.05) is 19.1 Å². The van der Waals surface area contributed by atoms with Crippen molar-refractivity contribution in [2.24, 2.45) is 0 Å². The molecule has 0 unspecified atom stereocenters. The molecule has 4 heterocycles. The standard InChI is InChI=1S/C25H28BrN7O2/c1-14-11-17(24-30-23-22(27)18(26)12-28-25(23)31-24)16(3)33(14)20-6-4-5-19(15(20)2)29-21(34)13-32-7-9-35-10-8-32/h4-6,11-12H,7-10,13H2,1-3H3,(H,29,34)(H3,27,28,30,31). The number of nitrogens with two attached hydrogens (primary N) is 1. The van der Waals surface area contributed by atoms with E-state index in [-0.39, 0.29) is 5.91 Å². The molecule has 182 valence electrons. The number of halogens is 1. The molecule has 1 amide bonds. The number of hydrogen-bond donors (Lipinski definition) is 3. The van der Waals surface area contributed by atoms with Gasteiger partial charge in [0.25, 0.3) is 0 Å². The second-order valence-corrected chi connectivity index (χ2v) is 9.66. The molecule has 0 saturated carbocycles. The van der Waals surface area contributed by atoms with Crippen molar-refractivity contribution < 1.29 is 9.53 Å². The molecule has 9 nitrogen and oxygen atoms in total. The molecule has 4 N–H and O–H groups in total. The predicted molar refractivity (Wildman–Crippen MR) is 141 cm³/mol. The van der Waals surface area contributed by atoms with Crippen LogP contribution in [0.2, 0.25) is 0 Å². The van der Waals surface area contributed by atoms with Gasteiger partial charge in [0.1, 0.15) is 11.3 Å². The molecular formula is C25H28BrN7O2. The summed E-state index contributed by atoms with van der Waals surface area (Å²) in [4.78, 5) is 27.2. The number of nitrogens with zero attached hydrogens (tertiary/aromatic N) is 4. The summed E-state index contributed by atoms with van der Waals surface area (Å²) >= 11 is 3.42. The number of aryl methyl sites for hydroxylation is 1. The van der Waals surface area contributed by atoms with Crippen LogP contribution in [0.15, 0.2) is 34.9 Å². The fourth-order valence-corrected chi connectivity index (χ4v) is 4.91. The van der Waals surface area contributed by atoms with Crippen LogP contribution in [0.5, 0.6) is 0 Å². The Hall–Kier alpha value is -3.21. The van der Waals surface area contributed by atoms with Crippen LogP contribution in [-0.4, -0.2) is 63.2 Å². The summed E-state index contributed by atoms with van der Waals surface area (Å²) in [5.41, 5.74) is 13.9. The number of morpholine rings is 1. The highest BCUT2D eigenvalue weighted by molar-refractivity contribution is 9.10. The van der Waals surface area contributed by atoms with Gasteiger partial charge >= 0.3 is 0 Å². The maximum atomic E-state index is 12.7. The molecule has 0 spiro atoms. The quantitative estimate of drug-likeness (QED) is 0.355. The average Bonchev–Trinajstić information content (AvgIpc) is 3.39. The first-order valence-electron chi connectivity index (χ1n) is 11.5. The van der Waals surface area contributed by atoms with Crippen molar-refractivity contribution in [1.29, 1.82) is 0 Å². The van der Waals surface area contributed by atoms with Crippen LogP contribution >= 0.6 is 15.9 Å². The van der Waals surface area contributed by atoms with Crippen molar-refractivity contribution >= 4 is 44.4 Å². The number of rotatable bonds is 5. The molecule has 0 bridgehead atoms. The van der Waals surface area contributed by atoms with E-state index in [1.165, 1.54) is 0 Å². The number of imidazole rings is 1. The van der Waals surface area contributed by atoms with Gasteiger partial charge in [-0.25, -0.2) is 9.97 Å². The molecule has 1 aliphatic heterocycles. The van der Waals surface area contributed by atoms with Gasteiger partial charge in [0, 0.05) is 41.9 Å². The maximum absolute atomic E-state index is 12.7. The summed E-state index contributed by atoms with van der Waals surface area (Å²) < 4.78 is 8.29. The zero-order chi connectivity index (χ0) is 24.7. The lowest BCUT2D eigenvalue weighted by molar-refractivity contribution is -0.118. The van der Waals surface area contributed by atoms with Crippen LogP contribution in [0, 0.1) is 20.8 Å². The Morgan fingerprint density at radius 2 is 2.03 bits per heavy atom. The number of hydrogen-bond acceptors (Lipinski definition) is 6. The Balaban J connectivity index is 1.46. The number of nitrogen functional groups attached to an aromatic ring is 1. The number of benzene rings is 1. The molecule has 1 fully saturated rings. The van der Waals surface area contributed by atoms with E-state index >= 15 is 0 Å². The number of pyridine rings is 1. The van der Waals surface area contributed by atoms with E-state index in [1.54, 1.807) is 6.20 Å². The minimum Gasteiger partial charge on any atom is -0.396 e. The Kier molecular flexibility index (Phi) is 6.35. The second kappa shape index (κ2) is 9.44. The van der Waals surface area contributed by atoms with E-state index in [0.717, 1.165) is 51.5 Å². The second-order valence-electron chi connectivity index (χ2n) is 8.81. The zero-order valence-corrected chi connectivity index (χ0v) is 21.6. The third kappa shape index (κ3) is 4.44. The summed E-state index contributed by atoms with van der Waals surface area (Å²) in [6, 6.07) is 8.07. The number of H-pyrrole nitrogens is 1. The van der Waals surface area contributed by atoms with Crippen LogP contribution in [0.1, 0.15) is 17.0 Å². The van der Waals surface area contributed by atoms with E-state index < -0.39 is 0 Å². The molecule has 1 aliphatic rings. The Labute approximate surface area is 211 Å². The monoisotopic (exact) mass is 537 g/mol. The molecule has 1 aromatic carbocycles. The highest BCUT2D eigenvalue weighted by atomic mass is 79.9. The van der Waals surface area contributed by atoms with Crippen LogP contribution < -0.4 is 11.1 Å². The summed E-state index contributed by atoms with van der Waals surface area (Å²) in [7, 11) is 0. The fourth-order valence-electron chi connectivity index (χ4n) is 4.61. The maximum Gasteiger partial charge on any atom is 0.238 e. The van der Waals surface area contributed by atoms with Crippen molar-refractivity contribution in [3.05, 3.63) is 51.9 Å². The summed E-state index contributed by atoms with van der Waals surface area (Å²) in [6.07, 6.45) is 1.66. The van der Waals surface area contributed by atoms with Crippen LogP contribution in [0.3, 0.4) is 0 Å². The van der Waals surface area contributed by atoms with Gasteiger partial charge in [0.15, 0.2) is 5.65 Å². The fraction of sp³-hybridized carbons (Fsp3) is 0.320. The number of amides is 1. The van der Waals surface area contributed by atoms with E-state index in [0.29, 0.717) is 42.4 Å². The average molecular weight is 538 g/mol. The molecule has 5 rings (SSSR count). The lowest BCUT2D eigenvalue weighted by Crippen LogP contribution is -2.41. The third-order valence-electron chi connectivity index (χ3n) is 6.49. The molecule has 10 heteroatoms. The first-order chi connectivity index (χ1) is 16.8. The van der Waals surface area contributed by atoms with E-state index in [9.17, 15) is 4.79 Å². The molecule has 0 radical (unpaired) electrons. The summed E-state index contributed by atoms with van der Waals surface area (Å²) in [5.74, 6) is 0.691. The number of fused-ring (bicyclic) bond motifs is 1. The SMILES string of the molecule is Cc1c(NC(=O)CN2CCOCC2)cccc1-n1c(C)cc(-c2nc3ncc(Br)c(N)c3[nH]2)c1C. The first-order valence-corrected chi connectivity index (χ1v) is 12.3. The number of ether oxygens (including phenoxy) is 1. The van der Waals surface area contributed by atoms with Crippen LogP contribution in [0.25, 0.3) is 28.2 Å². The summed E-state index contributed by atoms with van der Waals surface area (Å²) in [5, 5.41) is 3.09. The normalized spacial score (nSPS) is 14.5. The minimum atomic E-state index is -0.0210. The molecular weight excluding hydrogens is 510 g/mol. The van der Waals surface area contributed by atoms with Crippen molar-refractivity contribution in [2.45, 2.75) is 20.8 Å². The molecule has 35 heavy (non-hydrogen) atoms. The lowest BCUT2D eigenvalue weighted by Gasteiger charge is -2.26. The number of carbonyl (C=O) groups excluding carboxylic acids is 1. The first kappa shape index (κ1) is 23.5. The highest BCUT2D eigenvalue weighted by Crippen LogP contribution is 2.33. The summed E-state index contributed by atoms with van der Waals surface area (Å²) in [6.45, 7) is 9.40. The van der Waals surface area contributed by atoms with Gasteiger partial charge in [0.05, 0.1) is 35.6 Å². The Morgan fingerprint density at radius 3 is 2.80 bits per heavy atom. The predicted octanol–water partition coefficient (Wildman–Crippen LogP) is 3.96. The van der Waals surface area contributed by atoms with Gasteiger partial charge < -0.3 is 25.3 Å². The van der Waals surface area contributed by atoms with Crippen LogP contribution in [0.4, 0.5) is 11.4 Å². The number of nitrogens with one attached hydrogen (secondary N) is 2.